The molecular formula is C50H49N. The van der Waals surface area contributed by atoms with Gasteiger partial charge in [0.15, 0.2) is 0 Å². The molecule has 8 rings (SSSR count). The summed E-state index contributed by atoms with van der Waals surface area (Å²) in [6.07, 6.45) is 0. The monoisotopic (exact) mass is 663 g/mol. The third-order valence-corrected chi connectivity index (χ3v) is 10.8. The van der Waals surface area contributed by atoms with Gasteiger partial charge >= 0.3 is 0 Å². The van der Waals surface area contributed by atoms with Crippen molar-refractivity contribution in [2.75, 3.05) is 4.90 Å². The van der Waals surface area contributed by atoms with Gasteiger partial charge in [-0.1, -0.05) is 129 Å². The molecule has 0 amide bonds. The predicted octanol–water partition coefficient (Wildman–Crippen LogP) is 14.7. The molecule has 0 saturated carbocycles. The summed E-state index contributed by atoms with van der Waals surface area (Å²) in [4.78, 5) is 2.43. The fraction of sp³-hybridized carbons (Fsp3) is 0.240. The molecule has 0 saturated heterocycles. The zero-order valence-corrected chi connectivity index (χ0v) is 31.6. The molecule has 0 bridgehead atoms. The van der Waals surface area contributed by atoms with Crippen LogP contribution in [0.5, 0.6) is 0 Å². The van der Waals surface area contributed by atoms with Gasteiger partial charge in [0.05, 0.1) is 0 Å². The maximum atomic E-state index is 2.43. The molecule has 0 unspecified atom stereocenters. The highest BCUT2D eigenvalue weighted by Crippen LogP contribution is 2.51. The van der Waals surface area contributed by atoms with Crippen LogP contribution in [0.3, 0.4) is 0 Å². The van der Waals surface area contributed by atoms with Gasteiger partial charge in [0.2, 0.25) is 0 Å². The van der Waals surface area contributed by atoms with Gasteiger partial charge in [-0.15, -0.1) is 0 Å². The van der Waals surface area contributed by atoms with Crippen LogP contribution in [-0.2, 0) is 16.2 Å². The third-order valence-electron chi connectivity index (χ3n) is 10.8. The number of anilines is 3. The number of hydrogen-bond donors (Lipinski definition) is 0. The van der Waals surface area contributed by atoms with Crippen LogP contribution in [-0.4, -0.2) is 0 Å². The van der Waals surface area contributed by atoms with E-state index in [4.69, 9.17) is 0 Å². The van der Waals surface area contributed by atoms with E-state index in [1.165, 1.54) is 88.7 Å². The third kappa shape index (κ3) is 6.03. The summed E-state index contributed by atoms with van der Waals surface area (Å²) < 4.78 is 0. The Morgan fingerprint density at radius 2 is 0.725 bits per heavy atom. The van der Waals surface area contributed by atoms with Crippen molar-refractivity contribution in [2.24, 2.45) is 0 Å². The lowest BCUT2D eigenvalue weighted by Crippen LogP contribution is -2.16. The molecule has 0 fully saturated rings. The van der Waals surface area contributed by atoms with Crippen molar-refractivity contribution < 1.29 is 0 Å². The molecule has 1 aliphatic rings. The average molecular weight is 664 g/mol. The highest BCUT2D eigenvalue weighted by Gasteiger charge is 2.25. The van der Waals surface area contributed by atoms with E-state index in [-0.39, 0.29) is 16.2 Å². The van der Waals surface area contributed by atoms with Crippen molar-refractivity contribution in [1.29, 1.82) is 0 Å². The van der Waals surface area contributed by atoms with Crippen LogP contribution in [0.4, 0.5) is 17.1 Å². The summed E-state index contributed by atoms with van der Waals surface area (Å²) >= 11 is 0. The van der Waals surface area contributed by atoms with Gasteiger partial charge in [0.1, 0.15) is 0 Å². The van der Waals surface area contributed by atoms with Gasteiger partial charge < -0.3 is 4.90 Å². The van der Waals surface area contributed by atoms with E-state index >= 15 is 0 Å². The number of fused-ring (bicyclic) bond motifs is 6. The molecule has 0 N–H and O–H groups in total. The fourth-order valence-corrected chi connectivity index (χ4v) is 7.56. The Hall–Kier alpha value is -5.14. The van der Waals surface area contributed by atoms with Gasteiger partial charge in [-0.05, 0) is 155 Å². The smallest absolute Gasteiger partial charge is 0.0468 e. The molecular weight excluding hydrogens is 615 g/mol. The van der Waals surface area contributed by atoms with Crippen LogP contribution >= 0.6 is 0 Å². The molecule has 1 nitrogen and oxygen atoms in total. The summed E-state index contributed by atoms with van der Waals surface area (Å²) in [5, 5.41) is 5.10. The summed E-state index contributed by atoms with van der Waals surface area (Å²) in [7, 11) is 0. The molecule has 0 aliphatic heterocycles. The first kappa shape index (κ1) is 33.0. The van der Waals surface area contributed by atoms with Crippen molar-refractivity contribution in [3.05, 3.63) is 150 Å². The second kappa shape index (κ2) is 11.7. The van der Waals surface area contributed by atoms with Crippen LogP contribution in [0.25, 0.3) is 54.9 Å². The molecule has 0 heterocycles. The predicted molar refractivity (Wildman–Crippen MR) is 222 cm³/mol. The maximum Gasteiger partial charge on any atom is 0.0468 e. The molecule has 7 aromatic carbocycles. The Labute approximate surface area is 304 Å². The second-order valence-corrected chi connectivity index (χ2v) is 17.7. The first-order chi connectivity index (χ1) is 24.1. The molecule has 0 aromatic heterocycles. The van der Waals surface area contributed by atoms with Gasteiger partial charge in [-0.2, -0.15) is 0 Å². The molecule has 51 heavy (non-hydrogen) atoms. The SMILES string of the molecule is CC(C)(C)c1ccc(-c2ccc3cc4c(cc3c2)-c2cc3cc(N(c5cccc(C(C)(C)C)c5)c5cccc(C(C)(C)C)c5)ccc3cc2-4)cc1. The normalized spacial score (nSPS) is 12.8. The Morgan fingerprint density at radius 1 is 0.314 bits per heavy atom. The largest absolute Gasteiger partial charge is 0.310 e. The van der Waals surface area contributed by atoms with Gasteiger partial charge in [-0.3, -0.25) is 0 Å². The maximum absolute atomic E-state index is 2.43. The van der Waals surface area contributed by atoms with Crippen molar-refractivity contribution >= 4 is 38.6 Å². The molecule has 1 heteroatoms. The highest BCUT2D eigenvalue weighted by atomic mass is 15.1. The number of hydrogen-bond acceptors (Lipinski definition) is 1. The Kier molecular flexibility index (Phi) is 7.58. The first-order valence-electron chi connectivity index (χ1n) is 18.4. The lowest BCUT2D eigenvalue weighted by molar-refractivity contribution is 0.590. The average Bonchev–Trinajstić information content (AvgIpc) is 3.09. The Bertz CT molecular complexity index is 2400. The van der Waals surface area contributed by atoms with Crippen molar-refractivity contribution in [3.63, 3.8) is 0 Å². The van der Waals surface area contributed by atoms with Gasteiger partial charge in [0, 0.05) is 17.1 Å². The van der Waals surface area contributed by atoms with E-state index in [9.17, 15) is 0 Å². The van der Waals surface area contributed by atoms with Crippen LogP contribution in [0.15, 0.2) is 133 Å². The van der Waals surface area contributed by atoms with E-state index in [0.717, 1.165) is 0 Å². The minimum Gasteiger partial charge on any atom is -0.310 e. The van der Waals surface area contributed by atoms with Crippen LogP contribution < -0.4 is 4.90 Å². The number of benzene rings is 7. The summed E-state index contributed by atoms with van der Waals surface area (Å²) in [6.45, 7) is 20.5. The first-order valence-corrected chi connectivity index (χ1v) is 18.4. The standard InChI is InChI=1S/C50H49N/c1-48(2,3)38-21-18-32(19-22-38)33-16-17-34-26-44-45-27-35-20-23-43(25-37(35)29-47(45)46(44)28-36(34)24-33)51(41-14-10-12-39(30-41)49(4,5)6)42-15-11-13-40(31-42)50(7,8)9/h10-31H,1-9H3. The van der Waals surface area contributed by atoms with Crippen LogP contribution in [0.1, 0.15) is 79.0 Å². The quantitative estimate of drug-likeness (QED) is 0.181. The number of rotatable bonds is 4. The molecule has 0 atom stereocenters. The summed E-state index contributed by atoms with van der Waals surface area (Å²) in [5.74, 6) is 0. The minimum absolute atomic E-state index is 0.0514. The number of nitrogens with zero attached hydrogens (tertiary/aromatic N) is 1. The molecule has 254 valence electrons. The topological polar surface area (TPSA) is 3.24 Å². The van der Waals surface area contributed by atoms with Crippen molar-refractivity contribution in [3.8, 4) is 33.4 Å². The lowest BCUT2D eigenvalue weighted by Gasteiger charge is -2.30. The highest BCUT2D eigenvalue weighted by molar-refractivity contribution is 6.12. The van der Waals surface area contributed by atoms with Gasteiger partial charge in [-0.25, -0.2) is 0 Å². The van der Waals surface area contributed by atoms with Crippen molar-refractivity contribution in [1.82, 2.24) is 0 Å². The van der Waals surface area contributed by atoms with E-state index in [1.54, 1.807) is 0 Å². The zero-order chi connectivity index (χ0) is 35.9. The van der Waals surface area contributed by atoms with E-state index in [0.29, 0.717) is 0 Å². The van der Waals surface area contributed by atoms with E-state index < -0.39 is 0 Å². The molecule has 0 spiro atoms. The Morgan fingerprint density at radius 3 is 1.22 bits per heavy atom. The van der Waals surface area contributed by atoms with Gasteiger partial charge in [0.25, 0.3) is 0 Å². The second-order valence-electron chi connectivity index (χ2n) is 17.7. The van der Waals surface area contributed by atoms with E-state index in [2.05, 4.69) is 201 Å². The molecule has 7 aromatic rings. The molecule has 1 aliphatic carbocycles. The van der Waals surface area contributed by atoms with E-state index in [1.807, 2.05) is 0 Å². The van der Waals surface area contributed by atoms with Crippen LogP contribution in [0.2, 0.25) is 0 Å². The minimum atomic E-state index is 0.0514. The fourth-order valence-electron chi connectivity index (χ4n) is 7.56. The molecule has 0 radical (unpaired) electrons. The Balaban J connectivity index is 1.20. The lowest BCUT2D eigenvalue weighted by atomic mass is 9.77. The van der Waals surface area contributed by atoms with Crippen LogP contribution in [0, 0.1) is 0 Å². The summed E-state index contributed by atoms with van der Waals surface area (Å²) in [6, 6.07) is 50.7. The summed E-state index contributed by atoms with van der Waals surface area (Å²) in [5.41, 5.74) is 15.7. The van der Waals surface area contributed by atoms with Crippen molar-refractivity contribution in [2.45, 2.75) is 78.6 Å². The zero-order valence-electron chi connectivity index (χ0n) is 31.6.